The van der Waals surface area contributed by atoms with Gasteiger partial charge in [0, 0.05) is 27.2 Å². The minimum Gasteiger partial charge on any atom is -0.387 e. The van der Waals surface area contributed by atoms with Gasteiger partial charge in [0.15, 0.2) is 0 Å². The standard InChI is InChI=1S/C12H18N2O3S/c1-13-11-5-3-4-6-12(11)18(15,16)14-8-7-10(9-14)17-2/h3-6,10,13H,7-9H2,1-2H3. The zero-order valence-electron chi connectivity index (χ0n) is 10.6. The van der Waals surface area contributed by atoms with Crippen LogP contribution in [-0.2, 0) is 14.8 Å². The van der Waals surface area contributed by atoms with Crippen LogP contribution in [0.4, 0.5) is 5.69 Å². The average molecular weight is 270 g/mol. The highest BCUT2D eigenvalue weighted by Crippen LogP contribution is 2.27. The molecule has 1 fully saturated rings. The van der Waals surface area contributed by atoms with Crippen LogP contribution < -0.4 is 5.32 Å². The predicted molar refractivity (Wildman–Crippen MR) is 70.2 cm³/mol. The molecule has 0 radical (unpaired) electrons. The molecule has 1 aromatic rings. The van der Waals surface area contributed by atoms with E-state index in [1.165, 1.54) is 4.31 Å². The third-order valence-corrected chi connectivity index (χ3v) is 5.14. The van der Waals surface area contributed by atoms with Crippen LogP contribution >= 0.6 is 0 Å². The highest BCUT2D eigenvalue weighted by molar-refractivity contribution is 7.89. The molecule has 1 aromatic carbocycles. The molecule has 0 saturated carbocycles. The van der Waals surface area contributed by atoms with E-state index < -0.39 is 10.0 Å². The molecule has 1 saturated heterocycles. The van der Waals surface area contributed by atoms with Crippen molar-refractivity contribution in [2.24, 2.45) is 0 Å². The molecule has 0 spiro atoms. The summed E-state index contributed by atoms with van der Waals surface area (Å²) in [6.07, 6.45) is 0.749. The number of ether oxygens (including phenoxy) is 1. The molecule has 0 bridgehead atoms. The van der Waals surface area contributed by atoms with Crippen molar-refractivity contribution >= 4 is 15.7 Å². The molecule has 0 amide bonds. The molecule has 5 nitrogen and oxygen atoms in total. The molecular weight excluding hydrogens is 252 g/mol. The lowest BCUT2D eigenvalue weighted by Gasteiger charge is -2.18. The molecule has 6 heteroatoms. The number of methoxy groups -OCH3 is 1. The van der Waals surface area contributed by atoms with E-state index in [1.54, 1.807) is 32.4 Å². The van der Waals surface area contributed by atoms with Crippen molar-refractivity contribution in [3.8, 4) is 0 Å². The van der Waals surface area contributed by atoms with E-state index in [-0.39, 0.29) is 6.10 Å². The molecule has 1 aliphatic heterocycles. The fourth-order valence-corrected chi connectivity index (χ4v) is 3.83. The Hall–Kier alpha value is -1.11. The number of anilines is 1. The zero-order chi connectivity index (χ0) is 13.2. The SMILES string of the molecule is CNc1ccccc1S(=O)(=O)N1CCC(OC)C1. The molecule has 1 N–H and O–H groups in total. The molecule has 1 aliphatic rings. The average Bonchev–Trinajstić information content (AvgIpc) is 2.88. The maximum absolute atomic E-state index is 12.5. The molecule has 1 atom stereocenters. The summed E-state index contributed by atoms with van der Waals surface area (Å²) in [6.45, 7) is 0.940. The van der Waals surface area contributed by atoms with Crippen molar-refractivity contribution in [2.45, 2.75) is 17.4 Å². The first-order valence-electron chi connectivity index (χ1n) is 5.89. The zero-order valence-corrected chi connectivity index (χ0v) is 11.4. The minimum atomic E-state index is -3.43. The van der Waals surface area contributed by atoms with Gasteiger partial charge in [-0.15, -0.1) is 0 Å². The quantitative estimate of drug-likeness (QED) is 0.891. The number of para-hydroxylation sites is 1. The third kappa shape index (κ3) is 2.36. The van der Waals surface area contributed by atoms with Crippen LogP contribution in [-0.4, -0.2) is 46.1 Å². The minimum absolute atomic E-state index is 0.00141. The van der Waals surface area contributed by atoms with Crippen LogP contribution in [0.15, 0.2) is 29.2 Å². The summed E-state index contributed by atoms with van der Waals surface area (Å²) in [5, 5.41) is 2.91. The number of sulfonamides is 1. The van der Waals surface area contributed by atoms with E-state index >= 15 is 0 Å². The number of nitrogens with zero attached hydrogens (tertiary/aromatic N) is 1. The second-order valence-corrected chi connectivity index (χ2v) is 6.16. The maximum atomic E-state index is 12.5. The van der Waals surface area contributed by atoms with Gasteiger partial charge in [-0.25, -0.2) is 8.42 Å². The van der Waals surface area contributed by atoms with E-state index in [0.717, 1.165) is 6.42 Å². The third-order valence-electron chi connectivity index (χ3n) is 3.22. The lowest BCUT2D eigenvalue weighted by molar-refractivity contribution is 0.115. The van der Waals surface area contributed by atoms with Crippen molar-refractivity contribution in [1.29, 1.82) is 0 Å². The van der Waals surface area contributed by atoms with E-state index in [4.69, 9.17) is 4.74 Å². The van der Waals surface area contributed by atoms with E-state index in [2.05, 4.69) is 5.32 Å². The van der Waals surface area contributed by atoms with Gasteiger partial charge in [-0.3, -0.25) is 0 Å². The Morgan fingerprint density at radius 1 is 1.39 bits per heavy atom. The van der Waals surface area contributed by atoms with Gasteiger partial charge in [0.1, 0.15) is 4.90 Å². The van der Waals surface area contributed by atoms with Gasteiger partial charge in [-0.1, -0.05) is 12.1 Å². The Morgan fingerprint density at radius 3 is 2.72 bits per heavy atom. The van der Waals surface area contributed by atoms with Gasteiger partial charge in [0.2, 0.25) is 10.0 Å². The van der Waals surface area contributed by atoms with Gasteiger partial charge in [-0.05, 0) is 18.6 Å². The number of nitrogens with one attached hydrogen (secondary N) is 1. The Kier molecular flexibility index (Phi) is 3.89. The number of benzene rings is 1. The Bertz CT molecular complexity index is 516. The Morgan fingerprint density at radius 2 is 2.11 bits per heavy atom. The number of hydrogen-bond acceptors (Lipinski definition) is 4. The monoisotopic (exact) mass is 270 g/mol. The van der Waals surface area contributed by atoms with Gasteiger partial charge >= 0.3 is 0 Å². The van der Waals surface area contributed by atoms with Crippen molar-refractivity contribution in [2.75, 3.05) is 32.6 Å². The van der Waals surface area contributed by atoms with E-state index in [0.29, 0.717) is 23.7 Å². The maximum Gasteiger partial charge on any atom is 0.245 e. The largest absolute Gasteiger partial charge is 0.387 e. The van der Waals surface area contributed by atoms with Gasteiger partial charge < -0.3 is 10.1 Å². The summed E-state index contributed by atoms with van der Waals surface area (Å²) in [5.41, 5.74) is 0.623. The number of rotatable bonds is 4. The van der Waals surface area contributed by atoms with Crippen LogP contribution in [0.3, 0.4) is 0 Å². The van der Waals surface area contributed by atoms with Crippen molar-refractivity contribution < 1.29 is 13.2 Å². The number of hydrogen-bond donors (Lipinski definition) is 1. The summed E-state index contributed by atoms with van der Waals surface area (Å²) in [4.78, 5) is 0.323. The lowest BCUT2D eigenvalue weighted by atomic mass is 10.3. The summed E-state index contributed by atoms with van der Waals surface area (Å²) in [6, 6.07) is 6.93. The van der Waals surface area contributed by atoms with Crippen LogP contribution in [0.5, 0.6) is 0 Å². The summed E-state index contributed by atoms with van der Waals surface area (Å²) >= 11 is 0. The van der Waals surface area contributed by atoms with Gasteiger partial charge in [-0.2, -0.15) is 4.31 Å². The lowest BCUT2D eigenvalue weighted by Crippen LogP contribution is -2.30. The Balaban J connectivity index is 2.31. The first-order chi connectivity index (χ1) is 8.59. The van der Waals surface area contributed by atoms with Crippen LogP contribution in [0.2, 0.25) is 0 Å². The van der Waals surface area contributed by atoms with Crippen molar-refractivity contribution in [1.82, 2.24) is 4.31 Å². The van der Waals surface area contributed by atoms with Crippen LogP contribution in [0, 0.1) is 0 Å². The molecule has 2 rings (SSSR count). The van der Waals surface area contributed by atoms with Crippen LogP contribution in [0.1, 0.15) is 6.42 Å². The van der Waals surface area contributed by atoms with E-state index in [9.17, 15) is 8.42 Å². The van der Waals surface area contributed by atoms with Gasteiger partial charge in [0.25, 0.3) is 0 Å². The van der Waals surface area contributed by atoms with Gasteiger partial charge in [0.05, 0.1) is 11.8 Å². The highest BCUT2D eigenvalue weighted by Gasteiger charge is 2.33. The molecule has 0 aromatic heterocycles. The molecule has 0 aliphatic carbocycles. The fourth-order valence-electron chi connectivity index (χ4n) is 2.15. The smallest absolute Gasteiger partial charge is 0.245 e. The van der Waals surface area contributed by atoms with Crippen LogP contribution in [0.25, 0.3) is 0 Å². The normalized spacial score (nSPS) is 21.1. The summed E-state index contributed by atoms with van der Waals surface area (Å²) in [5.74, 6) is 0. The predicted octanol–water partition coefficient (Wildman–Crippen LogP) is 1.14. The second kappa shape index (κ2) is 5.26. The first-order valence-corrected chi connectivity index (χ1v) is 7.33. The fraction of sp³-hybridized carbons (Fsp3) is 0.500. The first kappa shape index (κ1) is 13.3. The van der Waals surface area contributed by atoms with Crippen molar-refractivity contribution in [3.63, 3.8) is 0 Å². The molecule has 100 valence electrons. The Labute approximate surface area is 108 Å². The summed E-state index contributed by atoms with van der Waals surface area (Å²) in [7, 11) is -0.102. The molecule has 18 heavy (non-hydrogen) atoms. The second-order valence-electron chi connectivity index (χ2n) is 4.26. The highest BCUT2D eigenvalue weighted by atomic mass is 32.2. The molecule has 1 unspecified atom stereocenters. The van der Waals surface area contributed by atoms with Crippen molar-refractivity contribution in [3.05, 3.63) is 24.3 Å². The molecular formula is C12H18N2O3S. The molecule has 1 heterocycles. The topological polar surface area (TPSA) is 58.6 Å². The van der Waals surface area contributed by atoms with E-state index in [1.807, 2.05) is 6.07 Å². The summed E-state index contributed by atoms with van der Waals surface area (Å²) < 4.78 is 31.7.